The Morgan fingerprint density at radius 2 is 1.90 bits per heavy atom. The summed E-state index contributed by atoms with van der Waals surface area (Å²) >= 11 is 0. The van der Waals surface area contributed by atoms with Gasteiger partial charge in [-0.2, -0.15) is 0 Å². The molecule has 0 bridgehead atoms. The zero-order chi connectivity index (χ0) is 20.4. The van der Waals surface area contributed by atoms with Crippen LogP contribution >= 0.6 is 0 Å². The van der Waals surface area contributed by atoms with E-state index in [0.717, 1.165) is 48.3 Å². The lowest BCUT2D eigenvalue weighted by Crippen LogP contribution is -2.35. The van der Waals surface area contributed by atoms with Crippen LogP contribution in [0.2, 0.25) is 0 Å². The van der Waals surface area contributed by atoms with Crippen molar-refractivity contribution in [2.75, 3.05) is 33.3 Å². The molecule has 0 radical (unpaired) electrons. The van der Waals surface area contributed by atoms with Gasteiger partial charge in [-0.25, -0.2) is 4.39 Å². The van der Waals surface area contributed by atoms with Gasteiger partial charge in [-0.05, 0) is 49.2 Å². The maximum Gasteiger partial charge on any atom is 0.289 e. The number of furan rings is 1. The van der Waals surface area contributed by atoms with Gasteiger partial charge in [0.05, 0.1) is 7.11 Å². The molecule has 152 valence electrons. The molecule has 0 atom stereocenters. The van der Waals surface area contributed by atoms with Gasteiger partial charge >= 0.3 is 0 Å². The number of amides is 1. The molecular weight excluding hydrogens is 371 g/mol. The summed E-state index contributed by atoms with van der Waals surface area (Å²) in [6, 6.07) is 12.2. The number of benzene rings is 2. The molecule has 0 aliphatic carbocycles. The molecule has 1 fully saturated rings. The third-order valence-electron chi connectivity index (χ3n) is 5.53. The largest absolute Gasteiger partial charge is 0.497 e. The van der Waals surface area contributed by atoms with E-state index in [-0.39, 0.29) is 11.7 Å². The van der Waals surface area contributed by atoms with E-state index in [1.807, 2.05) is 42.2 Å². The van der Waals surface area contributed by atoms with Crippen molar-refractivity contribution in [3.05, 3.63) is 65.2 Å². The van der Waals surface area contributed by atoms with E-state index in [9.17, 15) is 9.18 Å². The monoisotopic (exact) mass is 396 g/mol. The molecule has 0 unspecified atom stereocenters. The van der Waals surface area contributed by atoms with E-state index < -0.39 is 0 Å². The van der Waals surface area contributed by atoms with Crippen LogP contribution in [0.15, 0.2) is 46.9 Å². The number of carbonyl (C=O) groups is 1. The predicted molar refractivity (Wildman–Crippen MR) is 110 cm³/mol. The topological polar surface area (TPSA) is 45.9 Å². The second-order valence-corrected chi connectivity index (χ2v) is 7.47. The first kappa shape index (κ1) is 19.5. The van der Waals surface area contributed by atoms with Gasteiger partial charge in [0.25, 0.3) is 5.91 Å². The summed E-state index contributed by atoms with van der Waals surface area (Å²) in [5.41, 5.74) is 2.61. The maximum absolute atomic E-state index is 13.1. The van der Waals surface area contributed by atoms with E-state index in [0.29, 0.717) is 24.4 Å². The number of nitrogens with zero attached hydrogens (tertiary/aromatic N) is 2. The Balaban J connectivity index is 1.46. The number of aryl methyl sites for hydroxylation is 1. The van der Waals surface area contributed by atoms with Crippen molar-refractivity contribution < 1.29 is 18.3 Å². The standard InChI is InChI=1S/C23H25FN2O3/c1-16-20-14-19(28-2)8-9-21(20)29-22(16)23(27)26-11-3-10-25(12-13-26)15-17-4-6-18(24)7-5-17/h4-9,14H,3,10-13,15H2,1-2H3. The van der Waals surface area contributed by atoms with Crippen LogP contribution in [-0.4, -0.2) is 49.0 Å². The highest BCUT2D eigenvalue weighted by Gasteiger charge is 2.25. The SMILES string of the molecule is COc1ccc2oc(C(=O)N3CCCN(Cc4ccc(F)cc4)CC3)c(C)c2c1. The number of fused-ring (bicyclic) bond motifs is 1. The lowest BCUT2D eigenvalue weighted by Gasteiger charge is -2.21. The highest BCUT2D eigenvalue weighted by Crippen LogP contribution is 2.29. The molecule has 2 heterocycles. The van der Waals surface area contributed by atoms with Crippen molar-refractivity contribution in [1.82, 2.24) is 9.80 Å². The van der Waals surface area contributed by atoms with Crippen LogP contribution in [0.1, 0.15) is 28.1 Å². The third kappa shape index (κ3) is 4.12. The Morgan fingerprint density at radius 3 is 2.66 bits per heavy atom. The molecule has 0 N–H and O–H groups in total. The number of methoxy groups -OCH3 is 1. The Hall–Kier alpha value is -2.86. The molecule has 1 aromatic heterocycles. The Bertz CT molecular complexity index is 1010. The first-order valence-corrected chi connectivity index (χ1v) is 9.88. The van der Waals surface area contributed by atoms with E-state index >= 15 is 0 Å². The lowest BCUT2D eigenvalue weighted by molar-refractivity contribution is 0.0730. The summed E-state index contributed by atoms with van der Waals surface area (Å²) < 4.78 is 24.3. The second-order valence-electron chi connectivity index (χ2n) is 7.47. The fourth-order valence-corrected chi connectivity index (χ4v) is 3.85. The van der Waals surface area contributed by atoms with Crippen LogP contribution in [0.25, 0.3) is 11.0 Å². The molecule has 2 aromatic carbocycles. The lowest BCUT2D eigenvalue weighted by atomic mass is 10.1. The predicted octanol–water partition coefficient (Wildman–Crippen LogP) is 4.24. The molecule has 1 aliphatic heterocycles. The summed E-state index contributed by atoms with van der Waals surface area (Å²) in [5.74, 6) is 0.855. The summed E-state index contributed by atoms with van der Waals surface area (Å²) in [7, 11) is 1.62. The smallest absolute Gasteiger partial charge is 0.289 e. The van der Waals surface area contributed by atoms with E-state index in [1.54, 1.807) is 7.11 Å². The molecule has 1 amide bonds. The van der Waals surface area contributed by atoms with Gasteiger partial charge in [0.2, 0.25) is 0 Å². The molecule has 6 heteroatoms. The highest BCUT2D eigenvalue weighted by atomic mass is 19.1. The van der Waals surface area contributed by atoms with Crippen LogP contribution < -0.4 is 4.74 Å². The molecule has 29 heavy (non-hydrogen) atoms. The van der Waals surface area contributed by atoms with Crippen molar-refractivity contribution in [2.45, 2.75) is 19.9 Å². The zero-order valence-corrected chi connectivity index (χ0v) is 16.8. The summed E-state index contributed by atoms with van der Waals surface area (Å²) in [5, 5.41) is 0.903. The van der Waals surface area contributed by atoms with Gasteiger partial charge in [0.1, 0.15) is 17.1 Å². The van der Waals surface area contributed by atoms with Crippen molar-refractivity contribution in [3.63, 3.8) is 0 Å². The summed E-state index contributed by atoms with van der Waals surface area (Å²) in [4.78, 5) is 17.3. The highest BCUT2D eigenvalue weighted by molar-refractivity contribution is 5.99. The van der Waals surface area contributed by atoms with Crippen LogP contribution in [0.3, 0.4) is 0 Å². The maximum atomic E-state index is 13.1. The second kappa shape index (κ2) is 8.25. The molecular formula is C23H25FN2O3. The Kier molecular flexibility index (Phi) is 5.53. The van der Waals surface area contributed by atoms with Crippen LogP contribution in [0, 0.1) is 12.7 Å². The summed E-state index contributed by atoms with van der Waals surface area (Å²) in [6.45, 7) is 5.68. The molecule has 0 spiro atoms. The fourth-order valence-electron chi connectivity index (χ4n) is 3.85. The normalized spacial score (nSPS) is 15.5. The Morgan fingerprint density at radius 1 is 1.10 bits per heavy atom. The molecule has 5 nitrogen and oxygen atoms in total. The van der Waals surface area contributed by atoms with Gasteiger partial charge < -0.3 is 14.1 Å². The minimum atomic E-state index is -0.222. The van der Waals surface area contributed by atoms with E-state index in [2.05, 4.69) is 4.90 Å². The van der Waals surface area contributed by atoms with Crippen molar-refractivity contribution in [2.24, 2.45) is 0 Å². The number of rotatable bonds is 4. The fraction of sp³-hybridized carbons (Fsp3) is 0.348. The number of halogens is 1. The van der Waals surface area contributed by atoms with Gasteiger partial charge in [-0.15, -0.1) is 0 Å². The number of hydrogen-bond acceptors (Lipinski definition) is 4. The van der Waals surface area contributed by atoms with Gasteiger partial charge in [0.15, 0.2) is 5.76 Å². The minimum Gasteiger partial charge on any atom is -0.497 e. The third-order valence-corrected chi connectivity index (χ3v) is 5.53. The number of ether oxygens (including phenoxy) is 1. The van der Waals surface area contributed by atoms with E-state index in [1.165, 1.54) is 12.1 Å². The zero-order valence-electron chi connectivity index (χ0n) is 16.8. The average Bonchev–Trinajstić information content (AvgIpc) is 2.90. The van der Waals surface area contributed by atoms with Crippen molar-refractivity contribution in [3.8, 4) is 5.75 Å². The van der Waals surface area contributed by atoms with Crippen LogP contribution in [0.4, 0.5) is 4.39 Å². The first-order chi connectivity index (χ1) is 14.0. The Labute approximate surface area is 169 Å². The van der Waals surface area contributed by atoms with Gasteiger partial charge in [-0.1, -0.05) is 12.1 Å². The molecule has 0 saturated carbocycles. The quantitative estimate of drug-likeness (QED) is 0.662. The minimum absolute atomic E-state index is 0.0682. The molecule has 4 rings (SSSR count). The van der Waals surface area contributed by atoms with Crippen LogP contribution in [-0.2, 0) is 6.54 Å². The first-order valence-electron chi connectivity index (χ1n) is 9.88. The molecule has 1 aliphatic rings. The van der Waals surface area contributed by atoms with Crippen LogP contribution in [0.5, 0.6) is 5.75 Å². The number of hydrogen-bond donors (Lipinski definition) is 0. The molecule has 3 aromatic rings. The van der Waals surface area contributed by atoms with E-state index in [4.69, 9.17) is 9.15 Å². The van der Waals surface area contributed by atoms with Crippen molar-refractivity contribution >= 4 is 16.9 Å². The number of carbonyl (C=O) groups excluding carboxylic acids is 1. The van der Waals surface area contributed by atoms with Gasteiger partial charge in [-0.3, -0.25) is 9.69 Å². The van der Waals surface area contributed by atoms with Crippen molar-refractivity contribution in [1.29, 1.82) is 0 Å². The average molecular weight is 396 g/mol. The molecule has 1 saturated heterocycles. The summed E-state index contributed by atoms with van der Waals surface area (Å²) in [6.07, 6.45) is 0.889. The van der Waals surface area contributed by atoms with Gasteiger partial charge in [0, 0.05) is 43.7 Å².